The van der Waals surface area contributed by atoms with Gasteiger partial charge in [0.05, 0.1) is 6.04 Å². The maximum absolute atomic E-state index is 13.7. The van der Waals surface area contributed by atoms with Gasteiger partial charge in [-0.3, -0.25) is 4.98 Å². The second-order valence-corrected chi connectivity index (χ2v) is 4.05. The Hall–Kier alpha value is -1.81. The smallest absolute Gasteiger partial charge is 0.163 e. The molecule has 2 aromatic rings. The van der Waals surface area contributed by atoms with Gasteiger partial charge < -0.3 is 5.73 Å². The van der Waals surface area contributed by atoms with Crippen molar-refractivity contribution in [1.29, 1.82) is 0 Å². The van der Waals surface area contributed by atoms with Gasteiger partial charge in [-0.1, -0.05) is 19.1 Å². The molecule has 2 rings (SSSR count). The van der Waals surface area contributed by atoms with Crippen LogP contribution in [0, 0.1) is 11.6 Å². The van der Waals surface area contributed by atoms with Crippen molar-refractivity contribution in [2.24, 2.45) is 5.73 Å². The molecule has 4 heteroatoms. The molecule has 1 heterocycles. The van der Waals surface area contributed by atoms with E-state index in [1.165, 1.54) is 12.1 Å². The highest BCUT2D eigenvalue weighted by atomic mass is 19.2. The molecule has 0 aliphatic heterocycles. The van der Waals surface area contributed by atoms with Crippen molar-refractivity contribution in [3.63, 3.8) is 0 Å². The zero-order valence-corrected chi connectivity index (χ0v) is 10.0. The van der Waals surface area contributed by atoms with Gasteiger partial charge in [0, 0.05) is 18.0 Å². The standard InChI is InChI=1S/C14H14F2N2/c1-2-9-8-18-7-6-10(9)14(17)11-4-3-5-12(15)13(11)16/h3-8,14H,2,17H2,1H3. The fraction of sp³-hybridized carbons (Fsp3) is 0.214. The quantitative estimate of drug-likeness (QED) is 0.907. The summed E-state index contributed by atoms with van der Waals surface area (Å²) in [6.45, 7) is 1.97. The van der Waals surface area contributed by atoms with Gasteiger partial charge in [0.2, 0.25) is 0 Å². The first-order chi connectivity index (χ1) is 8.65. The minimum absolute atomic E-state index is 0.163. The number of nitrogens with zero attached hydrogens (tertiary/aromatic N) is 1. The average molecular weight is 248 g/mol. The maximum atomic E-state index is 13.7. The largest absolute Gasteiger partial charge is 0.320 e. The number of halogens is 2. The number of hydrogen-bond acceptors (Lipinski definition) is 2. The second-order valence-electron chi connectivity index (χ2n) is 4.05. The van der Waals surface area contributed by atoms with Crippen LogP contribution in [0.3, 0.4) is 0 Å². The summed E-state index contributed by atoms with van der Waals surface area (Å²) < 4.78 is 26.9. The number of pyridine rings is 1. The predicted octanol–water partition coefficient (Wildman–Crippen LogP) is 2.97. The van der Waals surface area contributed by atoms with Gasteiger partial charge in [-0.15, -0.1) is 0 Å². The zero-order chi connectivity index (χ0) is 13.1. The van der Waals surface area contributed by atoms with Gasteiger partial charge in [0.15, 0.2) is 11.6 Å². The van der Waals surface area contributed by atoms with Crippen LogP contribution in [0.25, 0.3) is 0 Å². The van der Waals surface area contributed by atoms with Crippen molar-refractivity contribution in [3.8, 4) is 0 Å². The maximum Gasteiger partial charge on any atom is 0.163 e. The van der Waals surface area contributed by atoms with Crippen LogP contribution in [0.15, 0.2) is 36.7 Å². The lowest BCUT2D eigenvalue weighted by Gasteiger charge is -2.16. The van der Waals surface area contributed by atoms with Gasteiger partial charge in [-0.05, 0) is 29.7 Å². The Labute approximate surface area is 104 Å². The van der Waals surface area contributed by atoms with E-state index in [4.69, 9.17) is 5.73 Å². The summed E-state index contributed by atoms with van der Waals surface area (Å²) in [5.41, 5.74) is 7.90. The van der Waals surface area contributed by atoms with Crippen LogP contribution in [0.1, 0.15) is 29.7 Å². The summed E-state index contributed by atoms with van der Waals surface area (Å²) in [5, 5.41) is 0. The van der Waals surface area contributed by atoms with Crippen LogP contribution in [-0.2, 0) is 6.42 Å². The average Bonchev–Trinajstić information content (AvgIpc) is 2.41. The molecule has 18 heavy (non-hydrogen) atoms. The highest BCUT2D eigenvalue weighted by molar-refractivity contribution is 5.36. The number of aryl methyl sites for hydroxylation is 1. The molecule has 2 nitrogen and oxygen atoms in total. The highest BCUT2D eigenvalue weighted by Crippen LogP contribution is 2.25. The van der Waals surface area contributed by atoms with E-state index in [0.29, 0.717) is 0 Å². The third-order valence-electron chi connectivity index (χ3n) is 2.97. The van der Waals surface area contributed by atoms with Crippen LogP contribution in [0.4, 0.5) is 8.78 Å². The van der Waals surface area contributed by atoms with Gasteiger partial charge in [-0.2, -0.15) is 0 Å². The van der Waals surface area contributed by atoms with E-state index >= 15 is 0 Å². The molecule has 0 fully saturated rings. The monoisotopic (exact) mass is 248 g/mol. The molecule has 1 atom stereocenters. The van der Waals surface area contributed by atoms with Crippen LogP contribution >= 0.6 is 0 Å². The second kappa shape index (κ2) is 5.23. The first-order valence-corrected chi connectivity index (χ1v) is 5.77. The van der Waals surface area contributed by atoms with Crippen LogP contribution in [-0.4, -0.2) is 4.98 Å². The summed E-state index contributed by atoms with van der Waals surface area (Å²) >= 11 is 0. The van der Waals surface area contributed by atoms with Gasteiger partial charge in [0.1, 0.15) is 0 Å². The summed E-state index contributed by atoms with van der Waals surface area (Å²) in [4.78, 5) is 4.01. The van der Waals surface area contributed by atoms with E-state index in [1.54, 1.807) is 18.5 Å². The van der Waals surface area contributed by atoms with E-state index in [2.05, 4.69) is 4.98 Å². The number of nitrogens with two attached hydrogens (primary N) is 1. The van der Waals surface area contributed by atoms with Crippen molar-refractivity contribution >= 4 is 0 Å². The molecule has 1 aromatic heterocycles. The fourth-order valence-corrected chi connectivity index (χ4v) is 1.96. The first kappa shape index (κ1) is 12.6. The Morgan fingerprint density at radius 2 is 2.00 bits per heavy atom. The Balaban J connectivity index is 2.48. The molecule has 1 aromatic carbocycles. The summed E-state index contributed by atoms with van der Waals surface area (Å²) in [6.07, 6.45) is 4.05. The van der Waals surface area contributed by atoms with E-state index in [9.17, 15) is 8.78 Å². The molecule has 94 valence electrons. The van der Waals surface area contributed by atoms with E-state index in [-0.39, 0.29) is 5.56 Å². The minimum atomic E-state index is -0.885. The zero-order valence-electron chi connectivity index (χ0n) is 10.0. The Bertz CT molecular complexity index is 555. The molecular weight excluding hydrogens is 234 g/mol. The normalized spacial score (nSPS) is 12.4. The molecule has 0 saturated carbocycles. The lowest BCUT2D eigenvalue weighted by atomic mass is 9.95. The lowest BCUT2D eigenvalue weighted by Crippen LogP contribution is -2.16. The van der Waals surface area contributed by atoms with Crippen LogP contribution < -0.4 is 5.73 Å². The fourth-order valence-electron chi connectivity index (χ4n) is 1.96. The molecule has 1 unspecified atom stereocenters. The topological polar surface area (TPSA) is 38.9 Å². The third kappa shape index (κ3) is 2.24. The van der Waals surface area contributed by atoms with Gasteiger partial charge in [0.25, 0.3) is 0 Å². The van der Waals surface area contributed by atoms with Crippen molar-refractivity contribution in [3.05, 3.63) is 65.0 Å². The van der Waals surface area contributed by atoms with Crippen molar-refractivity contribution in [2.75, 3.05) is 0 Å². The number of benzene rings is 1. The van der Waals surface area contributed by atoms with Crippen LogP contribution in [0.5, 0.6) is 0 Å². The summed E-state index contributed by atoms with van der Waals surface area (Å²) in [5.74, 6) is -1.76. The molecule has 0 bridgehead atoms. The van der Waals surface area contributed by atoms with E-state index in [1.807, 2.05) is 6.92 Å². The van der Waals surface area contributed by atoms with Gasteiger partial charge >= 0.3 is 0 Å². The molecule has 0 radical (unpaired) electrons. The Kier molecular flexibility index (Phi) is 3.67. The lowest BCUT2D eigenvalue weighted by molar-refractivity contribution is 0.494. The molecule has 0 spiro atoms. The predicted molar refractivity (Wildman–Crippen MR) is 66.0 cm³/mol. The molecular formula is C14H14F2N2. The SMILES string of the molecule is CCc1cnccc1C(N)c1cccc(F)c1F. The third-order valence-corrected chi connectivity index (χ3v) is 2.97. The van der Waals surface area contributed by atoms with Crippen LogP contribution in [0.2, 0.25) is 0 Å². The Morgan fingerprint density at radius 3 is 2.72 bits per heavy atom. The number of aromatic nitrogens is 1. The van der Waals surface area contributed by atoms with Crippen molar-refractivity contribution in [2.45, 2.75) is 19.4 Å². The summed E-state index contributed by atoms with van der Waals surface area (Å²) in [7, 11) is 0. The minimum Gasteiger partial charge on any atom is -0.320 e. The molecule has 2 N–H and O–H groups in total. The highest BCUT2D eigenvalue weighted by Gasteiger charge is 2.18. The number of rotatable bonds is 3. The van der Waals surface area contributed by atoms with Gasteiger partial charge in [-0.25, -0.2) is 8.78 Å². The molecule has 0 amide bonds. The molecule has 0 aliphatic rings. The van der Waals surface area contributed by atoms with E-state index < -0.39 is 17.7 Å². The number of hydrogen-bond donors (Lipinski definition) is 1. The Morgan fingerprint density at radius 1 is 1.22 bits per heavy atom. The van der Waals surface area contributed by atoms with Crippen molar-refractivity contribution < 1.29 is 8.78 Å². The molecule has 0 aliphatic carbocycles. The van der Waals surface area contributed by atoms with Crippen molar-refractivity contribution in [1.82, 2.24) is 4.98 Å². The first-order valence-electron chi connectivity index (χ1n) is 5.77. The molecule has 0 saturated heterocycles. The van der Waals surface area contributed by atoms with E-state index in [0.717, 1.165) is 23.6 Å². The summed E-state index contributed by atoms with van der Waals surface area (Å²) in [6, 6.07) is 5.11.